The summed E-state index contributed by atoms with van der Waals surface area (Å²) in [6.45, 7) is 8.67. The topological polar surface area (TPSA) is 12.0 Å². The van der Waals surface area contributed by atoms with Crippen molar-refractivity contribution in [1.82, 2.24) is 5.32 Å². The van der Waals surface area contributed by atoms with Gasteiger partial charge in [0.2, 0.25) is 0 Å². The first-order valence-electron chi connectivity index (χ1n) is 11.1. The van der Waals surface area contributed by atoms with Crippen LogP contribution in [-0.2, 0) is 6.42 Å². The van der Waals surface area contributed by atoms with Crippen LogP contribution in [-0.4, -0.2) is 0 Å². The number of hydrogen-bond donors (Lipinski definition) is 1. The quantitative estimate of drug-likeness (QED) is 0.319. The smallest absolute Gasteiger partial charge is 0.0511 e. The lowest BCUT2D eigenvalue weighted by atomic mass is 10.00. The first-order valence-corrected chi connectivity index (χ1v) is 11.5. The van der Waals surface area contributed by atoms with Gasteiger partial charge in [0.1, 0.15) is 0 Å². The Bertz CT molecular complexity index is 1020. The van der Waals surface area contributed by atoms with Crippen molar-refractivity contribution < 1.29 is 0 Å². The molecule has 31 heavy (non-hydrogen) atoms. The molecule has 1 unspecified atom stereocenters. The number of unbranched alkanes of at least 4 members (excludes halogenated alkanes) is 1. The normalized spacial score (nSPS) is 12.1. The predicted molar refractivity (Wildman–Crippen MR) is 136 cm³/mol. The Morgan fingerprint density at radius 2 is 1.84 bits per heavy atom. The number of hydrogen-bond acceptors (Lipinski definition) is 1. The van der Waals surface area contributed by atoms with E-state index < -0.39 is 0 Å². The van der Waals surface area contributed by atoms with Crippen molar-refractivity contribution in [2.24, 2.45) is 0 Å². The number of allylic oxidation sites excluding steroid dienone is 1. The third kappa shape index (κ3) is 6.87. The average molecular weight is 430 g/mol. The Morgan fingerprint density at radius 3 is 2.58 bits per heavy atom. The fourth-order valence-electron chi connectivity index (χ4n) is 3.73. The van der Waals surface area contributed by atoms with Crippen molar-refractivity contribution >= 4 is 23.4 Å². The highest BCUT2D eigenvalue weighted by molar-refractivity contribution is 6.30. The van der Waals surface area contributed by atoms with Crippen LogP contribution in [0.2, 0.25) is 5.02 Å². The monoisotopic (exact) mass is 429 g/mol. The van der Waals surface area contributed by atoms with Crippen molar-refractivity contribution in [3.8, 4) is 0 Å². The molecule has 0 saturated carbocycles. The molecule has 3 aromatic rings. The van der Waals surface area contributed by atoms with E-state index in [0.29, 0.717) is 0 Å². The van der Waals surface area contributed by atoms with E-state index in [4.69, 9.17) is 11.6 Å². The number of benzene rings is 3. The van der Waals surface area contributed by atoms with Crippen molar-refractivity contribution in [1.29, 1.82) is 0 Å². The molecule has 0 fully saturated rings. The van der Waals surface area contributed by atoms with E-state index in [1.54, 1.807) is 0 Å². The number of halogens is 1. The van der Waals surface area contributed by atoms with Gasteiger partial charge in [-0.25, -0.2) is 0 Å². The SMILES string of the molecule is C=C(NC(CC)c1ccccc1)c1ccc(C)c(/C=C\CCCc2cccc(Cl)c2)c1. The first-order chi connectivity index (χ1) is 15.1. The molecule has 0 amide bonds. The Hall–Kier alpha value is -2.77. The van der Waals surface area contributed by atoms with E-state index in [0.717, 1.165) is 42.0 Å². The van der Waals surface area contributed by atoms with Gasteiger partial charge in [-0.05, 0) is 78.6 Å². The zero-order chi connectivity index (χ0) is 22.1. The van der Waals surface area contributed by atoms with Crippen LogP contribution in [0, 0.1) is 6.92 Å². The van der Waals surface area contributed by atoms with Gasteiger partial charge in [-0.15, -0.1) is 0 Å². The van der Waals surface area contributed by atoms with Crippen LogP contribution >= 0.6 is 11.6 Å². The van der Waals surface area contributed by atoms with Crippen LogP contribution in [0.4, 0.5) is 0 Å². The lowest BCUT2D eigenvalue weighted by molar-refractivity contribution is 0.614. The fraction of sp³-hybridized carbons (Fsp3) is 0.241. The molecule has 0 heterocycles. The summed E-state index contributed by atoms with van der Waals surface area (Å²) in [4.78, 5) is 0. The molecule has 1 N–H and O–H groups in total. The molecule has 0 aliphatic carbocycles. The summed E-state index contributed by atoms with van der Waals surface area (Å²) >= 11 is 6.07. The van der Waals surface area contributed by atoms with Gasteiger partial charge in [0, 0.05) is 10.7 Å². The van der Waals surface area contributed by atoms with Gasteiger partial charge >= 0.3 is 0 Å². The predicted octanol–water partition coefficient (Wildman–Crippen LogP) is 8.40. The first kappa shape index (κ1) is 22.9. The summed E-state index contributed by atoms with van der Waals surface area (Å²) in [5, 5.41) is 4.43. The molecule has 0 spiro atoms. The molecule has 0 bridgehead atoms. The summed E-state index contributed by atoms with van der Waals surface area (Å²) in [5.74, 6) is 0. The van der Waals surface area contributed by atoms with Gasteiger partial charge in [0.15, 0.2) is 0 Å². The highest BCUT2D eigenvalue weighted by Crippen LogP contribution is 2.23. The van der Waals surface area contributed by atoms with E-state index in [1.165, 1.54) is 22.3 Å². The van der Waals surface area contributed by atoms with Gasteiger partial charge in [-0.2, -0.15) is 0 Å². The molecule has 0 aliphatic heterocycles. The van der Waals surface area contributed by atoms with Crippen LogP contribution in [0.3, 0.4) is 0 Å². The second kappa shape index (κ2) is 11.6. The van der Waals surface area contributed by atoms with Crippen molar-refractivity contribution in [2.45, 2.75) is 45.6 Å². The van der Waals surface area contributed by atoms with Crippen molar-refractivity contribution in [3.63, 3.8) is 0 Å². The molecule has 0 saturated heterocycles. The molecule has 0 aromatic heterocycles. The van der Waals surface area contributed by atoms with Crippen molar-refractivity contribution in [2.75, 3.05) is 0 Å². The number of nitrogens with one attached hydrogen (secondary N) is 1. The third-order valence-corrected chi connectivity index (χ3v) is 5.84. The molecular weight excluding hydrogens is 398 g/mol. The van der Waals surface area contributed by atoms with Crippen LogP contribution < -0.4 is 5.32 Å². The number of rotatable bonds is 10. The molecule has 1 nitrogen and oxygen atoms in total. The van der Waals surface area contributed by atoms with Gasteiger partial charge in [-0.3, -0.25) is 0 Å². The maximum Gasteiger partial charge on any atom is 0.0511 e. The third-order valence-electron chi connectivity index (χ3n) is 5.61. The maximum absolute atomic E-state index is 6.07. The highest BCUT2D eigenvalue weighted by atomic mass is 35.5. The van der Waals surface area contributed by atoms with Crippen LogP contribution in [0.1, 0.15) is 60.0 Å². The summed E-state index contributed by atoms with van der Waals surface area (Å²) in [5.41, 5.74) is 7.21. The van der Waals surface area contributed by atoms with E-state index in [9.17, 15) is 0 Å². The Balaban J connectivity index is 1.60. The molecule has 3 rings (SSSR count). The Kier molecular flexibility index (Phi) is 8.55. The second-order valence-corrected chi connectivity index (χ2v) is 8.43. The number of aryl methyl sites for hydroxylation is 2. The van der Waals surface area contributed by atoms with Gasteiger partial charge < -0.3 is 5.32 Å². The molecule has 160 valence electrons. The zero-order valence-corrected chi connectivity index (χ0v) is 19.3. The van der Waals surface area contributed by atoms with Gasteiger partial charge in [-0.1, -0.05) is 91.9 Å². The minimum atomic E-state index is 0.264. The zero-order valence-electron chi connectivity index (χ0n) is 18.6. The summed E-state index contributed by atoms with van der Waals surface area (Å²) in [6.07, 6.45) is 8.71. The van der Waals surface area contributed by atoms with E-state index in [2.05, 4.69) is 98.6 Å². The molecular formula is C29H32ClN. The van der Waals surface area contributed by atoms with Gasteiger partial charge in [0.25, 0.3) is 0 Å². The minimum Gasteiger partial charge on any atom is -0.378 e. The van der Waals surface area contributed by atoms with Crippen LogP contribution in [0.25, 0.3) is 11.8 Å². The van der Waals surface area contributed by atoms with Crippen LogP contribution in [0.5, 0.6) is 0 Å². The average Bonchev–Trinajstić information content (AvgIpc) is 2.79. The fourth-order valence-corrected chi connectivity index (χ4v) is 3.95. The van der Waals surface area contributed by atoms with Crippen molar-refractivity contribution in [3.05, 3.63) is 118 Å². The molecule has 0 radical (unpaired) electrons. The maximum atomic E-state index is 6.07. The summed E-state index contributed by atoms with van der Waals surface area (Å²) in [6, 6.07) is 25.5. The van der Waals surface area contributed by atoms with Gasteiger partial charge in [0.05, 0.1) is 6.04 Å². The minimum absolute atomic E-state index is 0.264. The van der Waals surface area contributed by atoms with Crippen LogP contribution in [0.15, 0.2) is 85.5 Å². The summed E-state index contributed by atoms with van der Waals surface area (Å²) in [7, 11) is 0. The van der Waals surface area contributed by atoms with E-state index >= 15 is 0 Å². The standard InChI is InChI=1S/C29H32ClN/c1-4-29(25-14-8-6-9-15-25)31-23(3)27-19-18-22(2)26(21-27)16-10-5-7-12-24-13-11-17-28(30)20-24/h6,8-11,13-21,29,31H,3-5,7,12H2,1-2H3/b16-10-. The molecule has 1 atom stereocenters. The molecule has 3 aromatic carbocycles. The Morgan fingerprint density at radius 1 is 1.03 bits per heavy atom. The second-order valence-electron chi connectivity index (χ2n) is 7.99. The highest BCUT2D eigenvalue weighted by Gasteiger charge is 2.10. The lowest BCUT2D eigenvalue weighted by Gasteiger charge is -2.21. The van der Waals surface area contributed by atoms with E-state index in [1.807, 2.05) is 12.1 Å². The largest absolute Gasteiger partial charge is 0.378 e. The van der Waals surface area contributed by atoms with E-state index in [-0.39, 0.29) is 6.04 Å². The molecule has 2 heteroatoms. The molecule has 0 aliphatic rings. The summed E-state index contributed by atoms with van der Waals surface area (Å²) < 4.78 is 0. The Labute approximate surface area is 192 Å². The lowest BCUT2D eigenvalue weighted by Crippen LogP contribution is -2.18.